The number of likely N-dealkylation sites (tertiary alicyclic amines) is 1. The number of rotatable bonds is 1. The number of carbonyl (C=O) groups is 1. The second-order valence-corrected chi connectivity index (χ2v) is 4.97. The molecule has 1 spiro atoms. The van der Waals surface area contributed by atoms with E-state index in [0.29, 0.717) is 6.61 Å². The van der Waals surface area contributed by atoms with E-state index in [9.17, 15) is 4.79 Å². The number of piperidine rings is 1. The minimum absolute atomic E-state index is 0.0242. The van der Waals surface area contributed by atoms with Crippen molar-refractivity contribution < 1.29 is 9.53 Å². The Bertz CT molecular complexity index is 487. The lowest BCUT2D eigenvalue weighted by molar-refractivity contribution is -0.133. The molecule has 2 aliphatic rings. The first kappa shape index (κ1) is 11.5. The van der Waals surface area contributed by atoms with Crippen molar-refractivity contribution in [3.63, 3.8) is 0 Å². The number of amides is 1. The number of ether oxygens (including phenoxy) is 1. The van der Waals surface area contributed by atoms with Gasteiger partial charge < -0.3 is 9.64 Å². The Morgan fingerprint density at radius 2 is 2.06 bits per heavy atom. The van der Waals surface area contributed by atoms with Crippen LogP contribution in [0.15, 0.2) is 36.9 Å². The van der Waals surface area contributed by atoms with E-state index in [4.69, 9.17) is 4.74 Å². The lowest BCUT2D eigenvalue weighted by Crippen LogP contribution is -2.44. The summed E-state index contributed by atoms with van der Waals surface area (Å²) in [4.78, 5) is 13.4. The topological polar surface area (TPSA) is 29.5 Å². The van der Waals surface area contributed by atoms with Crippen LogP contribution in [0.4, 0.5) is 0 Å². The molecule has 0 bridgehead atoms. The third-order valence-corrected chi connectivity index (χ3v) is 4.07. The van der Waals surface area contributed by atoms with Gasteiger partial charge in [0.2, 0.25) is 5.91 Å². The Hall–Kier alpha value is -1.61. The van der Waals surface area contributed by atoms with Crippen LogP contribution in [0.2, 0.25) is 0 Å². The van der Waals surface area contributed by atoms with E-state index < -0.39 is 0 Å². The zero-order valence-electron chi connectivity index (χ0n) is 10.4. The first-order chi connectivity index (χ1) is 8.75. The Kier molecular flexibility index (Phi) is 2.71. The van der Waals surface area contributed by atoms with Gasteiger partial charge >= 0.3 is 0 Å². The van der Waals surface area contributed by atoms with Gasteiger partial charge in [-0.05, 0) is 30.0 Å². The van der Waals surface area contributed by atoms with Crippen LogP contribution >= 0.6 is 0 Å². The Labute approximate surface area is 107 Å². The van der Waals surface area contributed by atoms with Crippen LogP contribution in [0.3, 0.4) is 0 Å². The van der Waals surface area contributed by atoms with Crippen LogP contribution in [0, 0.1) is 0 Å². The zero-order chi connectivity index (χ0) is 12.6. The van der Waals surface area contributed by atoms with Crippen LogP contribution in [-0.2, 0) is 21.7 Å². The standard InChI is InChI=1S/C15H17NO2/c1-2-14(17)16-9-7-15(8-10-16)13-6-4-3-5-12(13)11-18-15/h2-6H,1,7-11H2. The number of fused-ring (bicyclic) bond motifs is 2. The molecule has 18 heavy (non-hydrogen) atoms. The summed E-state index contributed by atoms with van der Waals surface area (Å²) in [5.41, 5.74) is 2.45. The van der Waals surface area contributed by atoms with Crippen molar-refractivity contribution in [1.82, 2.24) is 4.90 Å². The lowest BCUT2D eigenvalue weighted by atomic mass is 9.84. The molecule has 0 N–H and O–H groups in total. The molecule has 3 nitrogen and oxygen atoms in total. The second-order valence-electron chi connectivity index (χ2n) is 4.97. The lowest BCUT2D eigenvalue weighted by Gasteiger charge is -2.38. The maximum atomic E-state index is 11.6. The van der Waals surface area contributed by atoms with Gasteiger partial charge in [-0.2, -0.15) is 0 Å². The summed E-state index contributed by atoms with van der Waals surface area (Å²) in [7, 11) is 0. The summed E-state index contributed by atoms with van der Waals surface area (Å²) >= 11 is 0. The molecule has 1 aromatic rings. The van der Waals surface area contributed by atoms with Gasteiger partial charge in [0, 0.05) is 13.1 Å². The Morgan fingerprint density at radius 3 is 2.78 bits per heavy atom. The summed E-state index contributed by atoms with van der Waals surface area (Å²) in [6.45, 7) is 5.74. The number of carbonyl (C=O) groups excluding carboxylic acids is 1. The van der Waals surface area contributed by atoms with E-state index in [1.165, 1.54) is 17.2 Å². The van der Waals surface area contributed by atoms with Gasteiger partial charge in [-0.15, -0.1) is 0 Å². The molecule has 1 amide bonds. The third-order valence-electron chi connectivity index (χ3n) is 4.07. The summed E-state index contributed by atoms with van der Waals surface area (Å²) < 4.78 is 6.05. The molecule has 0 unspecified atom stereocenters. The minimum Gasteiger partial charge on any atom is -0.365 e. The predicted octanol–water partition coefficient (Wildman–Crippen LogP) is 2.22. The van der Waals surface area contributed by atoms with E-state index >= 15 is 0 Å². The fourth-order valence-electron chi connectivity index (χ4n) is 3.02. The van der Waals surface area contributed by atoms with Crippen LogP contribution < -0.4 is 0 Å². The Morgan fingerprint density at radius 1 is 1.33 bits per heavy atom. The molecule has 3 heteroatoms. The molecule has 1 aromatic carbocycles. The highest BCUT2D eigenvalue weighted by Crippen LogP contribution is 2.43. The summed E-state index contributed by atoms with van der Waals surface area (Å²) in [5, 5.41) is 0. The normalized spacial score (nSPS) is 20.8. The molecule has 2 aliphatic heterocycles. The number of nitrogens with zero attached hydrogens (tertiary/aromatic N) is 1. The summed E-state index contributed by atoms with van der Waals surface area (Å²) in [5.74, 6) is 0.0242. The van der Waals surface area contributed by atoms with Crippen molar-refractivity contribution in [3.8, 4) is 0 Å². The van der Waals surface area contributed by atoms with Crippen molar-refractivity contribution in [2.45, 2.75) is 25.0 Å². The number of benzene rings is 1. The number of hydrogen-bond acceptors (Lipinski definition) is 2. The fraction of sp³-hybridized carbons (Fsp3) is 0.400. The molecule has 0 atom stereocenters. The van der Waals surface area contributed by atoms with Gasteiger partial charge in [0.25, 0.3) is 0 Å². The average molecular weight is 243 g/mol. The summed E-state index contributed by atoms with van der Waals surface area (Å²) in [6, 6.07) is 8.41. The SMILES string of the molecule is C=CC(=O)N1CCC2(CC1)OCc1ccccc12. The van der Waals surface area contributed by atoms with Crippen LogP contribution in [0.25, 0.3) is 0 Å². The smallest absolute Gasteiger partial charge is 0.245 e. The van der Waals surface area contributed by atoms with Crippen molar-refractivity contribution >= 4 is 5.91 Å². The molecule has 0 aromatic heterocycles. The molecular formula is C15H17NO2. The highest BCUT2D eigenvalue weighted by atomic mass is 16.5. The highest BCUT2D eigenvalue weighted by molar-refractivity contribution is 5.87. The van der Waals surface area contributed by atoms with Crippen LogP contribution in [0.5, 0.6) is 0 Å². The largest absolute Gasteiger partial charge is 0.365 e. The molecule has 94 valence electrons. The van der Waals surface area contributed by atoms with Crippen molar-refractivity contribution in [3.05, 3.63) is 48.0 Å². The zero-order valence-corrected chi connectivity index (χ0v) is 10.4. The third kappa shape index (κ3) is 1.66. The maximum absolute atomic E-state index is 11.6. The molecule has 0 aliphatic carbocycles. The summed E-state index contributed by atoms with van der Waals surface area (Å²) in [6.07, 6.45) is 3.15. The maximum Gasteiger partial charge on any atom is 0.245 e. The van der Waals surface area contributed by atoms with E-state index in [0.717, 1.165) is 25.9 Å². The predicted molar refractivity (Wildman–Crippen MR) is 68.9 cm³/mol. The second kappa shape index (κ2) is 4.25. The molecule has 1 saturated heterocycles. The van der Waals surface area contributed by atoms with Crippen molar-refractivity contribution in [2.75, 3.05) is 13.1 Å². The van der Waals surface area contributed by atoms with Crippen molar-refractivity contribution in [1.29, 1.82) is 0 Å². The van der Waals surface area contributed by atoms with Crippen LogP contribution in [-0.4, -0.2) is 23.9 Å². The number of hydrogen-bond donors (Lipinski definition) is 0. The van der Waals surface area contributed by atoms with Gasteiger partial charge in [0.05, 0.1) is 12.2 Å². The van der Waals surface area contributed by atoms with Gasteiger partial charge in [-0.25, -0.2) is 0 Å². The molecule has 1 fully saturated rings. The van der Waals surface area contributed by atoms with Gasteiger partial charge in [-0.1, -0.05) is 30.8 Å². The van der Waals surface area contributed by atoms with E-state index in [-0.39, 0.29) is 11.5 Å². The van der Waals surface area contributed by atoms with Gasteiger partial charge in [-0.3, -0.25) is 4.79 Å². The Balaban J connectivity index is 1.81. The molecular weight excluding hydrogens is 226 g/mol. The highest BCUT2D eigenvalue weighted by Gasteiger charge is 2.42. The van der Waals surface area contributed by atoms with E-state index in [2.05, 4.69) is 30.8 Å². The van der Waals surface area contributed by atoms with E-state index in [1.54, 1.807) is 0 Å². The van der Waals surface area contributed by atoms with Gasteiger partial charge in [0.15, 0.2) is 0 Å². The first-order valence-electron chi connectivity index (χ1n) is 6.39. The quantitative estimate of drug-likeness (QED) is 0.708. The van der Waals surface area contributed by atoms with Gasteiger partial charge in [0.1, 0.15) is 0 Å². The molecule has 2 heterocycles. The van der Waals surface area contributed by atoms with Crippen LogP contribution in [0.1, 0.15) is 24.0 Å². The average Bonchev–Trinajstić information content (AvgIpc) is 2.78. The molecule has 3 rings (SSSR count). The monoisotopic (exact) mass is 243 g/mol. The molecule has 0 radical (unpaired) electrons. The molecule has 0 saturated carbocycles. The minimum atomic E-state index is -0.158. The first-order valence-corrected chi connectivity index (χ1v) is 6.39. The van der Waals surface area contributed by atoms with Crippen molar-refractivity contribution in [2.24, 2.45) is 0 Å². The fourth-order valence-corrected chi connectivity index (χ4v) is 3.02. The van der Waals surface area contributed by atoms with E-state index in [1.807, 2.05) is 4.90 Å².